The monoisotopic (exact) mass is 475 g/mol. The van der Waals surface area contributed by atoms with Crippen molar-refractivity contribution in [1.29, 1.82) is 0 Å². The van der Waals surface area contributed by atoms with Crippen LogP contribution in [0, 0.1) is 0 Å². The Labute approximate surface area is 193 Å². The molecule has 1 fully saturated rings. The van der Waals surface area contributed by atoms with Gasteiger partial charge in [-0.25, -0.2) is 4.79 Å². The summed E-state index contributed by atoms with van der Waals surface area (Å²) in [6.45, 7) is 0.524. The van der Waals surface area contributed by atoms with Gasteiger partial charge < -0.3 is 20.4 Å². The van der Waals surface area contributed by atoms with Gasteiger partial charge in [0.05, 0.1) is 22.8 Å². The molecule has 1 unspecified atom stereocenters. The summed E-state index contributed by atoms with van der Waals surface area (Å²) in [5, 5.41) is 10.1. The zero-order valence-electron chi connectivity index (χ0n) is 17.5. The molecule has 1 atom stereocenters. The maximum absolute atomic E-state index is 12.8. The van der Waals surface area contributed by atoms with Crippen molar-refractivity contribution >= 4 is 58.1 Å². The number of carbonyl (C=O) groups is 4. The van der Waals surface area contributed by atoms with Crippen molar-refractivity contribution in [3.05, 3.63) is 44.6 Å². The fraction of sp³-hybridized carbons (Fsp3) is 0.333. The third-order valence-corrected chi connectivity index (χ3v) is 6.82. The Kier molecular flexibility index (Phi) is 6.07. The van der Waals surface area contributed by atoms with Crippen molar-refractivity contribution in [3.8, 4) is 0 Å². The molecule has 1 aromatic heterocycles. The van der Waals surface area contributed by atoms with Crippen LogP contribution < -0.4 is 20.9 Å². The Bertz CT molecular complexity index is 1120. The fourth-order valence-electron chi connectivity index (χ4n) is 3.83. The van der Waals surface area contributed by atoms with Crippen molar-refractivity contribution in [2.45, 2.75) is 32.0 Å². The molecule has 3 N–H and O–H groups in total. The molecule has 2 aliphatic rings. The molecule has 0 saturated carbocycles. The second-order valence-electron chi connectivity index (χ2n) is 7.82. The van der Waals surface area contributed by atoms with E-state index in [4.69, 9.17) is 11.6 Å². The minimum absolute atomic E-state index is 0.209. The van der Waals surface area contributed by atoms with Crippen LogP contribution in [0.25, 0.3) is 0 Å². The number of fused-ring (bicyclic) bond motifs is 1. The molecular weight excluding hydrogens is 454 g/mol. The van der Waals surface area contributed by atoms with Crippen LogP contribution in [-0.4, -0.2) is 48.8 Å². The lowest BCUT2D eigenvalue weighted by Crippen LogP contribution is -2.52. The summed E-state index contributed by atoms with van der Waals surface area (Å²) in [4.78, 5) is 52.9. The van der Waals surface area contributed by atoms with Gasteiger partial charge in [0, 0.05) is 43.0 Å². The standard InChI is InChI=1S/C21H22ClN5O4S/c1-26(2)15-4-3-11(7-14(15)22)24-21(31)23-8-17-12-9-27(20(30)13(12)10-32-17)16-5-6-18(28)25-19(16)29/h3-4,7,10,16H,5-6,8-9H2,1-2H3,(H2,23,24,31)(H,25,28,29). The van der Waals surface area contributed by atoms with E-state index in [1.165, 1.54) is 16.2 Å². The number of piperidine rings is 1. The SMILES string of the molecule is CN(C)c1ccc(NC(=O)NCc2scc3c2CN(C2CCC(=O)NC2=O)C3=O)cc1Cl. The lowest BCUT2D eigenvalue weighted by molar-refractivity contribution is -0.136. The van der Waals surface area contributed by atoms with E-state index < -0.39 is 18.0 Å². The molecule has 1 aromatic carbocycles. The quantitative estimate of drug-likeness (QED) is 0.575. The highest BCUT2D eigenvalue weighted by Crippen LogP contribution is 2.34. The molecule has 1 saturated heterocycles. The van der Waals surface area contributed by atoms with Gasteiger partial charge in [0.2, 0.25) is 11.8 Å². The molecule has 5 amide bonds. The molecule has 2 aromatic rings. The second-order valence-corrected chi connectivity index (χ2v) is 9.19. The van der Waals surface area contributed by atoms with Crippen LogP contribution >= 0.6 is 22.9 Å². The van der Waals surface area contributed by atoms with Gasteiger partial charge in [0.1, 0.15) is 6.04 Å². The second kappa shape index (κ2) is 8.79. The first kappa shape index (κ1) is 22.1. The van der Waals surface area contributed by atoms with E-state index in [0.717, 1.165) is 16.1 Å². The molecule has 11 heteroatoms. The molecule has 0 aliphatic carbocycles. The minimum atomic E-state index is -0.656. The zero-order valence-corrected chi connectivity index (χ0v) is 19.1. The number of rotatable bonds is 5. The third kappa shape index (κ3) is 4.28. The highest BCUT2D eigenvalue weighted by atomic mass is 35.5. The number of carbonyl (C=O) groups excluding carboxylic acids is 4. The third-order valence-electron chi connectivity index (χ3n) is 5.48. The maximum atomic E-state index is 12.8. The number of imide groups is 1. The molecule has 32 heavy (non-hydrogen) atoms. The van der Waals surface area contributed by atoms with Crippen LogP contribution in [-0.2, 0) is 22.7 Å². The van der Waals surface area contributed by atoms with E-state index in [2.05, 4.69) is 16.0 Å². The summed E-state index contributed by atoms with van der Waals surface area (Å²) in [5.41, 5.74) is 2.76. The van der Waals surface area contributed by atoms with Gasteiger partial charge >= 0.3 is 6.03 Å². The summed E-state index contributed by atoms with van der Waals surface area (Å²) in [7, 11) is 3.76. The molecule has 4 rings (SSSR count). The average molecular weight is 476 g/mol. The topological polar surface area (TPSA) is 111 Å². The van der Waals surface area contributed by atoms with E-state index in [9.17, 15) is 19.2 Å². The van der Waals surface area contributed by atoms with Gasteiger partial charge in [-0.3, -0.25) is 19.7 Å². The highest BCUT2D eigenvalue weighted by molar-refractivity contribution is 7.10. The smallest absolute Gasteiger partial charge is 0.319 e. The van der Waals surface area contributed by atoms with Gasteiger partial charge in [-0.2, -0.15) is 0 Å². The Balaban J connectivity index is 1.38. The highest BCUT2D eigenvalue weighted by Gasteiger charge is 2.40. The van der Waals surface area contributed by atoms with E-state index >= 15 is 0 Å². The van der Waals surface area contributed by atoms with Crippen LogP contribution in [0.4, 0.5) is 16.2 Å². The number of amides is 5. The minimum Gasteiger partial charge on any atom is -0.376 e. The Morgan fingerprint density at radius 2 is 2.09 bits per heavy atom. The van der Waals surface area contributed by atoms with Crippen LogP contribution in [0.15, 0.2) is 23.6 Å². The Morgan fingerprint density at radius 3 is 2.78 bits per heavy atom. The summed E-state index contributed by atoms with van der Waals surface area (Å²) >= 11 is 7.63. The number of hydrogen-bond acceptors (Lipinski definition) is 6. The van der Waals surface area contributed by atoms with Gasteiger partial charge in [-0.15, -0.1) is 11.3 Å². The van der Waals surface area contributed by atoms with Crippen LogP contribution in [0.3, 0.4) is 0 Å². The number of thiophene rings is 1. The van der Waals surface area contributed by atoms with Crippen molar-refractivity contribution in [3.63, 3.8) is 0 Å². The van der Waals surface area contributed by atoms with E-state index in [0.29, 0.717) is 22.7 Å². The molecular formula is C21H22ClN5O4S. The van der Waals surface area contributed by atoms with Crippen LogP contribution in [0.5, 0.6) is 0 Å². The van der Waals surface area contributed by atoms with E-state index in [1.807, 2.05) is 25.1 Å². The van der Waals surface area contributed by atoms with Gasteiger partial charge in [0.25, 0.3) is 5.91 Å². The average Bonchev–Trinajstić information content (AvgIpc) is 3.26. The van der Waals surface area contributed by atoms with Crippen molar-refractivity contribution in [1.82, 2.24) is 15.5 Å². The Morgan fingerprint density at radius 1 is 1.31 bits per heavy atom. The number of nitrogens with zero attached hydrogens (tertiary/aromatic N) is 2. The van der Waals surface area contributed by atoms with Crippen molar-refractivity contribution in [2.24, 2.45) is 0 Å². The fourth-order valence-corrected chi connectivity index (χ4v) is 5.16. The first-order valence-electron chi connectivity index (χ1n) is 10.00. The van der Waals surface area contributed by atoms with E-state index in [-0.39, 0.29) is 31.3 Å². The summed E-state index contributed by atoms with van der Waals surface area (Å²) < 4.78 is 0. The molecule has 0 spiro atoms. The lowest BCUT2D eigenvalue weighted by atomic mass is 10.0. The lowest BCUT2D eigenvalue weighted by Gasteiger charge is -2.29. The van der Waals surface area contributed by atoms with Gasteiger partial charge in [-0.05, 0) is 30.2 Å². The number of nitrogens with one attached hydrogen (secondary N) is 3. The molecule has 0 bridgehead atoms. The molecule has 168 valence electrons. The van der Waals surface area contributed by atoms with Crippen molar-refractivity contribution in [2.75, 3.05) is 24.3 Å². The molecule has 2 aliphatic heterocycles. The zero-order chi connectivity index (χ0) is 23.0. The van der Waals surface area contributed by atoms with Crippen molar-refractivity contribution < 1.29 is 19.2 Å². The van der Waals surface area contributed by atoms with Crippen LogP contribution in [0.1, 0.15) is 33.6 Å². The summed E-state index contributed by atoms with van der Waals surface area (Å²) in [6, 6.07) is 4.21. The van der Waals surface area contributed by atoms with Gasteiger partial charge in [0.15, 0.2) is 0 Å². The summed E-state index contributed by atoms with van der Waals surface area (Å²) in [5.74, 6) is -0.987. The summed E-state index contributed by atoms with van der Waals surface area (Å²) in [6.07, 6.45) is 0.524. The molecule has 0 radical (unpaired) electrons. The number of halogens is 1. The number of urea groups is 1. The van der Waals surface area contributed by atoms with Crippen LogP contribution in [0.2, 0.25) is 5.02 Å². The number of hydrogen-bond donors (Lipinski definition) is 3. The van der Waals surface area contributed by atoms with E-state index in [1.54, 1.807) is 17.5 Å². The molecule has 3 heterocycles. The first-order valence-corrected chi connectivity index (χ1v) is 11.3. The largest absolute Gasteiger partial charge is 0.376 e. The predicted octanol–water partition coefficient (Wildman–Crippen LogP) is 2.55. The normalized spacial score (nSPS) is 17.8. The predicted molar refractivity (Wildman–Crippen MR) is 122 cm³/mol. The first-order chi connectivity index (χ1) is 15.2. The Hall–Kier alpha value is -3.11. The number of benzene rings is 1. The van der Waals surface area contributed by atoms with Gasteiger partial charge in [-0.1, -0.05) is 11.6 Å². The molecule has 9 nitrogen and oxygen atoms in total. The maximum Gasteiger partial charge on any atom is 0.319 e. The number of anilines is 2.